The summed E-state index contributed by atoms with van der Waals surface area (Å²) in [7, 11) is 1.92. The van der Waals surface area contributed by atoms with Gasteiger partial charge in [-0.05, 0) is 25.1 Å². The number of carbonyl (C=O) groups is 1. The predicted octanol–water partition coefficient (Wildman–Crippen LogP) is 0.449. The SMILES string of the molecule is CC(=O)N/N=C/c1c(O)c(CO)cc2c3c(c(=O)oc12)CN(C)CC3. The van der Waals surface area contributed by atoms with Crippen LogP contribution in [0.1, 0.15) is 29.2 Å². The summed E-state index contributed by atoms with van der Waals surface area (Å²) in [4.78, 5) is 25.4. The fraction of sp³-hybridized carbons (Fsp3) is 0.353. The summed E-state index contributed by atoms with van der Waals surface area (Å²) in [6, 6.07) is 1.63. The Kier molecular flexibility index (Phi) is 4.56. The van der Waals surface area contributed by atoms with E-state index in [0.717, 1.165) is 12.1 Å². The number of phenols is 1. The van der Waals surface area contributed by atoms with Gasteiger partial charge in [-0.1, -0.05) is 0 Å². The molecule has 0 fully saturated rings. The highest BCUT2D eigenvalue weighted by atomic mass is 16.4. The molecule has 25 heavy (non-hydrogen) atoms. The van der Waals surface area contributed by atoms with Gasteiger partial charge >= 0.3 is 5.63 Å². The lowest BCUT2D eigenvalue weighted by Crippen LogP contribution is -2.31. The summed E-state index contributed by atoms with van der Waals surface area (Å²) in [5.74, 6) is -0.611. The Labute approximate surface area is 143 Å². The second kappa shape index (κ2) is 6.66. The zero-order chi connectivity index (χ0) is 18.1. The average molecular weight is 345 g/mol. The van der Waals surface area contributed by atoms with Gasteiger partial charge in [0.05, 0.1) is 23.9 Å². The molecule has 0 saturated heterocycles. The number of benzene rings is 1. The first kappa shape index (κ1) is 17.1. The summed E-state index contributed by atoms with van der Waals surface area (Å²) in [6.07, 6.45) is 1.87. The van der Waals surface area contributed by atoms with E-state index in [4.69, 9.17) is 4.42 Å². The number of aliphatic hydroxyl groups is 1. The molecule has 0 unspecified atom stereocenters. The Bertz CT molecular complexity index is 932. The highest BCUT2D eigenvalue weighted by molar-refractivity contribution is 6.01. The van der Waals surface area contributed by atoms with Gasteiger partial charge in [0.15, 0.2) is 5.58 Å². The molecule has 0 aliphatic carbocycles. The Balaban J connectivity index is 2.29. The Morgan fingerprint density at radius 3 is 2.92 bits per heavy atom. The molecule has 3 N–H and O–H groups in total. The minimum absolute atomic E-state index is 0.147. The molecule has 2 heterocycles. The van der Waals surface area contributed by atoms with E-state index in [1.165, 1.54) is 13.1 Å². The Morgan fingerprint density at radius 2 is 2.24 bits per heavy atom. The number of aliphatic hydroxyl groups excluding tert-OH is 1. The number of hydrogen-bond acceptors (Lipinski definition) is 7. The summed E-state index contributed by atoms with van der Waals surface area (Å²) in [6.45, 7) is 2.19. The zero-order valence-corrected chi connectivity index (χ0v) is 14.0. The van der Waals surface area contributed by atoms with Crippen molar-refractivity contribution in [3.63, 3.8) is 0 Å². The molecule has 3 rings (SSSR count). The summed E-state index contributed by atoms with van der Waals surface area (Å²) < 4.78 is 5.45. The standard InChI is InChI=1S/C17H19N3O5/c1-9(22)19-18-6-13-15(23)10(8-21)5-12-11-3-4-20(2)7-14(11)17(24)25-16(12)13/h5-6,21,23H,3-4,7-8H2,1-2H3,(H,19,22)/b18-6+. The number of likely N-dealkylation sites (N-methyl/N-ethyl adjacent to an activating group) is 1. The lowest BCUT2D eigenvalue weighted by Gasteiger charge is -2.25. The van der Waals surface area contributed by atoms with Crippen molar-refractivity contribution in [2.24, 2.45) is 5.10 Å². The molecule has 1 amide bonds. The first-order valence-electron chi connectivity index (χ1n) is 7.84. The molecule has 1 aromatic heterocycles. The maximum absolute atomic E-state index is 12.4. The van der Waals surface area contributed by atoms with E-state index in [-0.39, 0.29) is 29.4 Å². The molecular formula is C17H19N3O5. The number of hydrazone groups is 1. The molecule has 2 aromatic rings. The van der Waals surface area contributed by atoms with Crippen LogP contribution in [-0.2, 0) is 24.4 Å². The van der Waals surface area contributed by atoms with Crippen molar-refractivity contribution >= 4 is 23.1 Å². The number of nitrogens with one attached hydrogen (secondary N) is 1. The third kappa shape index (κ3) is 3.13. The van der Waals surface area contributed by atoms with E-state index < -0.39 is 5.63 Å². The average Bonchev–Trinajstić information content (AvgIpc) is 2.57. The van der Waals surface area contributed by atoms with Crippen LogP contribution in [-0.4, -0.2) is 40.8 Å². The van der Waals surface area contributed by atoms with Crippen molar-refractivity contribution in [1.82, 2.24) is 10.3 Å². The number of aromatic hydroxyl groups is 1. The lowest BCUT2D eigenvalue weighted by molar-refractivity contribution is -0.118. The normalized spacial score (nSPS) is 14.8. The van der Waals surface area contributed by atoms with Crippen molar-refractivity contribution in [3.8, 4) is 5.75 Å². The fourth-order valence-corrected chi connectivity index (χ4v) is 3.03. The summed E-state index contributed by atoms with van der Waals surface area (Å²) in [5.41, 5.74) is 3.85. The molecule has 132 valence electrons. The maximum Gasteiger partial charge on any atom is 0.341 e. The van der Waals surface area contributed by atoms with Gasteiger partial charge in [0.25, 0.3) is 0 Å². The maximum atomic E-state index is 12.4. The van der Waals surface area contributed by atoms with Gasteiger partial charge in [-0.25, -0.2) is 10.2 Å². The molecule has 0 spiro atoms. The van der Waals surface area contributed by atoms with Crippen LogP contribution in [0.2, 0.25) is 0 Å². The smallest absolute Gasteiger partial charge is 0.341 e. The van der Waals surface area contributed by atoms with Crippen molar-refractivity contribution < 1.29 is 19.4 Å². The molecular weight excluding hydrogens is 326 g/mol. The van der Waals surface area contributed by atoms with Crippen LogP contribution in [0.15, 0.2) is 20.4 Å². The third-order valence-electron chi connectivity index (χ3n) is 4.26. The van der Waals surface area contributed by atoms with Crippen LogP contribution in [0.4, 0.5) is 0 Å². The van der Waals surface area contributed by atoms with Gasteiger partial charge in [-0.3, -0.25) is 4.79 Å². The molecule has 0 bridgehead atoms. The van der Waals surface area contributed by atoms with Crippen LogP contribution in [0, 0.1) is 0 Å². The minimum atomic E-state index is -0.459. The van der Waals surface area contributed by atoms with E-state index in [1.807, 2.05) is 11.9 Å². The van der Waals surface area contributed by atoms with Gasteiger partial charge < -0.3 is 19.5 Å². The molecule has 1 aromatic carbocycles. The highest BCUT2D eigenvalue weighted by Crippen LogP contribution is 2.33. The molecule has 8 heteroatoms. The van der Waals surface area contributed by atoms with Gasteiger partial charge in [0.1, 0.15) is 5.75 Å². The van der Waals surface area contributed by atoms with Crippen LogP contribution < -0.4 is 11.1 Å². The number of amides is 1. The van der Waals surface area contributed by atoms with E-state index in [0.29, 0.717) is 29.5 Å². The number of rotatable bonds is 3. The van der Waals surface area contributed by atoms with E-state index in [1.54, 1.807) is 6.07 Å². The van der Waals surface area contributed by atoms with E-state index in [9.17, 15) is 19.8 Å². The van der Waals surface area contributed by atoms with Gasteiger partial charge in [-0.15, -0.1) is 0 Å². The number of carbonyl (C=O) groups excluding carboxylic acids is 1. The highest BCUT2D eigenvalue weighted by Gasteiger charge is 2.24. The summed E-state index contributed by atoms with van der Waals surface area (Å²) >= 11 is 0. The largest absolute Gasteiger partial charge is 0.507 e. The van der Waals surface area contributed by atoms with Crippen molar-refractivity contribution in [3.05, 3.63) is 38.7 Å². The second-order valence-electron chi connectivity index (χ2n) is 6.09. The second-order valence-corrected chi connectivity index (χ2v) is 6.09. The number of fused-ring (bicyclic) bond motifs is 3. The minimum Gasteiger partial charge on any atom is -0.507 e. The Hall–Kier alpha value is -2.71. The third-order valence-corrected chi connectivity index (χ3v) is 4.26. The van der Waals surface area contributed by atoms with Crippen LogP contribution >= 0.6 is 0 Å². The van der Waals surface area contributed by atoms with Crippen LogP contribution in [0.25, 0.3) is 11.0 Å². The molecule has 0 saturated carbocycles. The van der Waals surface area contributed by atoms with Crippen LogP contribution in [0.3, 0.4) is 0 Å². The van der Waals surface area contributed by atoms with Gasteiger partial charge in [-0.2, -0.15) is 5.10 Å². The van der Waals surface area contributed by atoms with Gasteiger partial charge in [0.2, 0.25) is 5.91 Å². The Morgan fingerprint density at radius 1 is 1.48 bits per heavy atom. The molecule has 1 aliphatic rings. The quantitative estimate of drug-likeness (QED) is 0.423. The first-order chi connectivity index (χ1) is 11.9. The van der Waals surface area contributed by atoms with E-state index >= 15 is 0 Å². The number of hydrogen-bond donors (Lipinski definition) is 3. The summed E-state index contributed by atoms with van der Waals surface area (Å²) in [5, 5.41) is 24.3. The van der Waals surface area contributed by atoms with Crippen molar-refractivity contribution in [2.75, 3.05) is 13.6 Å². The van der Waals surface area contributed by atoms with Crippen molar-refractivity contribution in [1.29, 1.82) is 0 Å². The van der Waals surface area contributed by atoms with Gasteiger partial charge in [0, 0.05) is 31.0 Å². The topological polar surface area (TPSA) is 115 Å². The molecule has 8 nitrogen and oxygen atoms in total. The first-order valence-corrected chi connectivity index (χ1v) is 7.84. The fourth-order valence-electron chi connectivity index (χ4n) is 3.03. The predicted molar refractivity (Wildman–Crippen MR) is 91.5 cm³/mol. The van der Waals surface area contributed by atoms with Crippen LogP contribution in [0.5, 0.6) is 5.75 Å². The molecule has 0 radical (unpaired) electrons. The lowest BCUT2D eigenvalue weighted by atomic mass is 9.94. The monoisotopic (exact) mass is 345 g/mol. The number of nitrogens with zero attached hydrogens (tertiary/aromatic N) is 2. The molecule has 0 atom stereocenters. The van der Waals surface area contributed by atoms with Crippen molar-refractivity contribution in [2.45, 2.75) is 26.5 Å². The zero-order valence-electron chi connectivity index (χ0n) is 14.0. The molecule has 1 aliphatic heterocycles. The van der Waals surface area contributed by atoms with E-state index in [2.05, 4.69) is 10.5 Å².